The van der Waals surface area contributed by atoms with Crippen LogP contribution in [0, 0.1) is 0 Å². The van der Waals surface area contributed by atoms with Gasteiger partial charge >= 0.3 is 0 Å². The minimum absolute atomic E-state index is 0.124. The van der Waals surface area contributed by atoms with Crippen LogP contribution in [0.4, 0.5) is 17.5 Å². The molecular weight excluding hydrogens is 446 g/mol. The fraction of sp³-hybridized carbons (Fsp3) is 0.391. The number of ketones is 1. The van der Waals surface area contributed by atoms with Gasteiger partial charge in [-0.3, -0.25) is 9.59 Å². The topological polar surface area (TPSA) is 98.6 Å². The quantitative estimate of drug-likeness (QED) is 0.560. The number of Topliss-reactive ketones (excluding diaryl/α,β-unsaturated/α-hetero) is 1. The number of methoxy groups -OCH3 is 1. The molecule has 0 amide bonds. The molecule has 4 rings (SSSR count). The minimum atomic E-state index is -0.301. The van der Waals surface area contributed by atoms with Crippen molar-refractivity contribution in [1.82, 2.24) is 14.5 Å². The third-order valence-electron chi connectivity index (χ3n) is 5.67. The highest BCUT2D eigenvalue weighted by atomic mass is 35.5. The second kappa shape index (κ2) is 9.76. The summed E-state index contributed by atoms with van der Waals surface area (Å²) in [5.74, 6) is 1.07. The Hall–Kier alpha value is -3.17. The molecule has 0 saturated carbocycles. The number of nitrogens with one attached hydrogen (secondary N) is 1. The van der Waals surface area contributed by atoms with E-state index in [2.05, 4.69) is 20.2 Å². The molecule has 9 nitrogen and oxygen atoms in total. The van der Waals surface area contributed by atoms with E-state index in [1.165, 1.54) is 11.5 Å². The molecule has 1 fully saturated rings. The summed E-state index contributed by atoms with van der Waals surface area (Å²) in [5, 5.41) is 4.42. The van der Waals surface area contributed by atoms with Crippen molar-refractivity contribution in [2.24, 2.45) is 7.05 Å². The first-order valence-corrected chi connectivity index (χ1v) is 11.1. The lowest BCUT2D eigenvalue weighted by molar-refractivity contribution is -0.118. The Bertz CT molecular complexity index is 1240. The summed E-state index contributed by atoms with van der Waals surface area (Å²) in [5.41, 5.74) is 1.17. The van der Waals surface area contributed by atoms with E-state index >= 15 is 0 Å². The first-order valence-electron chi connectivity index (χ1n) is 10.7. The van der Waals surface area contributed by atoms with Gasteiger partial charge in [-0.2, -0.15) is 4.98 Å². The van der Waals surface area contributed by atoms with Crippen LogP contribution in [0.5, 0.6) is 5.75 Å². The zero-order chi connectivity index (χ0) is 23.5. The van der Waals surface area contributed by atoms with Gasteiger partial charge < -0.3 is 24.3 Å². The highest BCUT2D eigenvalue weighted by Crippen LogP contribution is 2.28. The van der Waals surface area contributed by atoms with Gasteiger partial charge in [0.05, 0.1) is 17.8 Å². The average molecular weight is 472 g/mol. The Morgan fingerprint density at radius 2 is 2.03 bits per heavy atom. The van der Waals surface area contributed by atoms with E-state index < -0.39 is 0 Å². The summed E-state index contributed by atoms with van der Waals surface area (Å²) < 4.78 is 12.3. The number of anilines is 3. The van der Waals surface area contributed by atoms with Crippen molar-refractivity contribution in [2.45, 2.75) is 25.9 Å². The van der Waals surface area contributed by atoms with E-state index in [0.29, 0.717) is 16.8 Å². The zero-order valence-corrected chi connectivity index (χ0v) is 19.6. The number of piperidine rings is 1. The van der Waals surface area contributed by atoms with Gasteiger partial charge in [-0.1, -0.05) is 11.6 Å². The molecule has 1 aliphatic rings. The van der Waals surface area contributed by atoms with E-state index in [1.807, 2.05) is 18.2 Å². The van der Waals surface area contributed by atoms with E-state index in [4.69, 9.17) is 21.1 Å². The first kappa shape index (κ1) is 23.0. The van der Waals surface area contributed by atoms with E-state index in [-0.39, 0.29) is 29.8 Å². The highest BCUT2D eigenvalue weighted by molar-refractivity contribution is 6.32. The molecule has 1 saturated heterocycles. The van der Waals surface area contributed by atoms with Gasteiger partial charge in [0.15, 0.2) is 17.4 Å². The summed E-state index contributed by atoms with van der Waals surface area (Å²) in [6, 6.07) is 7.19. The second-order valence-corrected chi connectivity index (χ2v) is 8.46. The standard InChI is InChI=1S/C23H26ClN5O4/c1-14(30)13-33-20-11-15-10-16(4-5-19(15)28(2)22(20)31)26-21-18(24)12-25-23(27-21)29-8-6-17(32-3)7-9-29/h4-5,10-12,17H,6-9,13H2,1-3H3,(H,25,26,27). The van der Waals surface area contributed by atoms with Crippen LogP contribution < -0.4 is 20.5 Å². The molecule has 0 unspecified atom stereocenters. The van der Waals surface area contributed by atoms with Gasteiger partial charge in [-0.15, -0.1) is 0 Å². The van der Waals surface area contributed by atoms with Crippen molar-refractivity contribution in [3.05, 3.63) is 45.8 Å². The molecule has 0 atom stereocenters. The van der Waals surface area contributed by atoms with Crippen molar-refractivity contribution in [3.63, 3.8) is 0 Å². The van der Waals surface area contributed by atoms with Crippen LogP contribution in [0.25, 0.3) is 10.9 Å². The highest BCUT2D eigenvalue weighted by Gasteiger charge is 2.21. The number of carbonyl (C=O) groups is 1. The molecule has 1 aromatic carbocycles. The van der Waals surface area contributed by atoms with Crippen molar-refractivity contribution < 1.29 is 14.3 Å². The average Bonchev–Trinajstić information content (AvgIpc) is 2.82. The van der Waals surface area contributed by atoms with Gasteiger partial charge in [0.2, 0.25) is 5.95 Å². The monoisotopic (exact) mass is 471 g/mol. The molecule has 10 heteroatoms. The third kappa shape index (κ3) is 5.09. The van der Waals surface area contributed by atoms with E-state index in [1.54, 1.807) is 26.4 Å². The minimum Gasteiger partial charge on any atom is -0.480 e. The summed E-state index contributed by atoms with van der Waals surface area (Å²) in [6.07, 6.45) is 3.70. The van der Waals surface area contributed by atoms with Crippen molar-refractivity contribution in [2.75, 3.05) is 37.0 Å². The third-order valence-corrected chi connectivity index (χ3v) is 5.95. The predicted octanol–water partition coefficient (Wildman–Crippen LogP) is 3.31. The van der Waals surface area contributed by atoms with Crippen LogP contribution in [0.15, 0.2) is 35.3 Å². The van der Waals surface area contributed by atoms with E-state index in [0.717, 1.165) is 42.5 Å². The normalized spacial score (nSPS) is 14.5. The molecule has 2 aromatic heterocycles. The lowest BCUT2D eigenvalue weighted by Gasteiger charge is -2.31. The largest absolute Gasteiger partial charge is 0.480 e. The lowest BCUT2D eigenvalue weighted by Crippen LogP contribution is -2.37. The molecule has 0 bridgehead atoms. The molecule has 33 heavy (non-hydrogen) atoms. The molecule has 0 radical (unpaired) electrons. The maximum atomic E-state index is 12.5. The van der Waals surface area contributed by atoms with Crippen molar-refractivity contribution in [1.29, 1.82) is 0 Å². The maximum Gasteiger partial charge on any atom is 0.293 e. The molecule has 174 valence electrons. The zero-order valence-electron chi connectivity index (χ0n) is 18.8. The Kier molecular flexibility index (Phi) is 6.80. The summed E-state index contributed by atoms with van der Waals surface area (Å²) in [4.78, 5) is 34.9. The number of pyridine rings is 1. The Morgan fingerprint density at radius 1 is 1.27 bits per heavy atom. The molecule has 0 spiro atoms. The SMILES string of the molecule is COC1CCN(c2ncc(Cl)c(Nc3ccc4c(c3)cc(OCC(C)=O)c(=O)n4C)n2)CC1. The molecule has 1 aliphatic heterocycles. The number of aromatic nitrogens is 3. The Balaban J connectivity index is 1.60. The van der Waals surface area contributed by atoms with Crippen molar-refractivity contribution in [3.8, 4) is 5.75 Å². The van der Waals surface area contributed by atoms with Gasteiger partial charge in [-0.25, -0.2) is 4.98 Å². The van der Waals surface area contributed by atoms with Gasteiger partial charge in [0, 0.05) is 38.3 Å². The van der Waals surface area contributed by atoms with Crippen molar-refractivity contribution >= 4 is 45.7 Å². The van der Waals surface area contributed by atoms with Crippen LogP contribution >= 0.6 is 11.6 Å². The fourth-order valence-corrected chi connectivity index (χ4v) is 3.98. The second-order valence-electron chi connectivity index (χ2n) is 8.05. The van der Waals surface area contributed by atoms with Gasteiger partial charge in [-0.05, 0) is 44.0 Å². The van der Waals surface area contributed by atoms with Crippen LogP contribution in [-0.4, -0.2) is 53.2 Å². The number of nitrogens with zero attached hydrogens (tertiary/aromatic N) is 4. The number of hydrogen-bond donors (Lipinski definition) is 1. The first-order chi connectivity index (χ1) is 15.9. The van der Waals surface area contributed by atoms with Crippen LogP contribution in [0.2, 0.25) is 5.02 Å². The number of aryl methyl sites for hydroxylation is 1. The molecule has 1 N–H and O–H groups in total. The number of ether oxygens (including phenoxy) is 2. The lowest BCUT2D eigenvalue weighted by atomic mass is 10.1. The number of halogens is 1. The molecule has 3 aromatic rings. The predicted molar refractivity (Wildman–Crippen MR) is 128 cm³/mol. The van der Waals surface area contributed by atoms with E-state index in [9.17, 15) is 9.59 Å². The number of benzene rings is 1. The molecule has 0 aliphatic carbocycles. The summed E-state index contributed by atoms with van der Waals surface area (Å²) >= 11 is 6.37. The van der Waals surface area contributed by atoms with Crippen LogP contribution in [0.1, 0.15) is 19.8 Å². The van der Waals surface area contributed by atoms with Gasteiger partial charge in [0.1, 0.15) is 11.6 Å². The summed E-state index contributed by atoms with van der Waals surface area (Å²) in [6.45, 7) is 2.88. The number of carbonyl (C=O) groups excluding carboxylic acids is 1. The number of fused-ring (bicyclic) bond motifs is 1. The maximum absolute atomic E-state index is 12.5. The number of rotatable bonds is 7. The summed E-state index contributed by atoms with van der Waals surface area (Å²) in [7, 11) is 3.40. The van der Waals surface area contributed by atoms with Crippen LogP contribution in [-0.2, 0) is 16.6 Å². The fourth-order valence-electron chi connectivity index (χ4n) is 3.84. The Morgan fingerprint density at radius 3 is 2.73 bits per heavy atom. The number of hydrogen-bond acceptors (Lipinski definition) is 8. The molecule has 3 heterocycles. The smallest absolute Gasteiger partial charge is 0.293 e. The van der Waals surface area contributed by atoms with Gasteiger partial charge in [0.25, 0.3) is 5.56 Å². The Labute approximate surface area is 196 Å². The molecular formula is C23H26ClN5O4. The van der Waals surface area contributed by atoms with Crippen LogP contribution in [0.3, 0.4) is 0 Å².